The maximum atomic E-state index is 8.74. The lowest BCUT2D eigenvalue weighted by molar-refractivity contribution is 0.0955. The van der Waals surface area contributed by atoms with Crippen LogP contribution in [0.15, 0.2) is 34.9 Å². The molecule has 0 saturated carbocycles. The van der Waals surface area contributed by atoms with Crippen LogP contribution in [0.25, 0.3) is 11.4 Å². The predicted octanol–water partition coefficient (Wildman–Crippen LogP) is 1.94. The van der Waals surface area contributed by atoms with E-state index in [9.17, 15) is 0 Å². The first kappa shape index (κ1) is 14.7. The fourth-order valence-electron chi connectivity index (χ4n) is 2.67. The van der Waals surface area contributed by atoms with Crippen molar-refractivity contribution < 1.29 is 4.52 Å². The van der Waals surface area contributed by atoms with E-state index in [1.165, 1.54) is 0 Å². The lowest BCUT2D eigenvalue weighted by Gasteiger charge is -2.35. The summed E-state index contributed by atoms with van der Waals surface area (Å²) in [7, 11) is 0. The molecule has 2 aromatic rings. The van der Waals surface area contributed by atoms with Gasteiger partial charge in [-0.25, -0.2) is 0 Å². The fraction of sp³-hybridized carbons (Fsp3) is 0.438. The highest BCUT2D eigenvalue weighted by atomic mass is 16.5. The van der Waals surface area contributed by atoms with Crippen molar-refractivity contribution in [2.45, 2.75) is 13.0 Å². The number of rotatable bonds is 4. The molecule has 3 rings (SSSR count). The molecule has 6 nitrogen and oxygen atoms in total. The molecule has 0 unspecified atom stereocenters. The Balaban J connectivity index is 1.65. The third-order valence-electron chi connectivity index (χ3n) is 4.08. The Bertz CT molecular complexity index is 640. The van der Waals surface area contributed by atoms with Gasteiger partial charge in [0.15, 0.2) is 0 Å². The minimum absolute atomic E-state index is 0.0918. The van der Waals surface area contributed by atoms with Crippen LogP contribution in [0.1, 0.15) is 18.9 Å². The van der Waals surface area contributed by atoms with Crippen LogP contribution < -0.4 is 0 Å². The van der Waals surface area contributed by atoms with Gasteiger partial charge in [0.1, 0.15) is 0 Å². The first-order valence-corrected chi connectivity index (χ1v) is 7.50. The van der Waals surface area contributed by atoms with Crippen LogP contribution in [0.2, 0.25) is 0 Å². The van der Waals surface area contributed by atoms with Gasteiger partial charge in [-0.15, -0.1) is 0 Å². The Labute approximate surface area is 129 Å². The molecule has 1 fully saturated rings. The molecule has 0 N–H and O–H groups in total. The van der Waals surface area contributed by atoms with Gasteiger partial charge < -0.3 is 4.52 Å². The molecular formula is C16H19N5O. The summed E-state index contributed by atoms with van der Waals surface area (Å²) in [5.74, 6) is 1.28. The van der Waals surface area contributed by atoms with Crippen molar-refractivity contribution >= 4 is 0 Å². The molecule has 1 saturated heterocycles. The SMILES string of the molecule is C[C@H](c1nc(-c2ccccc2)no1)N1CCN(CC#N)CC1. The van der Waals surface area contributed by atoms with Crippen LogP contribution in [0.3, 0.4) is 0 Å². The largest absolute Gasteiger partial charge is 0.337 e. The number of aromatic nitrogens is 2. The Morgan fingerprint density at radius 2 is 1.95 bits per heavy atom. The Morgan fingerprint density at radius 1 is 1.23 bits per heavy atom. The molecule has 0 bridgehead atoms. The summed E-state index contributed by atoms with van der Waals surface area (Å²) in [5.41, 5.74) is 0.962. The summed E-state index contributed by atoms with van der Waals surface area (Å²) < 4.78 is 5.44. The second kappa shape index (κ2) is 6.69. The van der Waals surface area contributed by atoms with Crippen LogP contribution in [0, 0.1) is 11.3 Å². The van der Waals surface area contributed by atoms with Gasteiger partial charge in [-0.3, -0.25) is 9.80 Å². The van der Waals surface area contributed by atoms with E-state index in [1.54, 1.807) is 0 Å². The Kier molecular flexibility index (Phi) is 4.47. The highest BCUT2D eigenvalue weighted by Gasteiger charge is 2.25. The van der Waals surface area contributed by atoms with Crippen LogP contribution in [-0.4, -0.2) is 52.7 Å². The number of piperazine rings is 1. The average molecular weight is 297 g/mol. The lowest BCUT2D eigenvalue weighted by atomic mass is 10.2. The molecular weight excluding hydrogens is 278 g/mol. The number of nitrogens with zero attached hydrogens (tertiary/aromatic N) is 5. The number of hydrogen-bond donors (Lipinski definition) is 0. The van der Waals surface area contributed by atoms with E-state index in [0.29, 0.717) is 18.3 Å². The highest BCUT2D eigenvalue weighted by Crippen LogP contribution is 2.23. The van der Waals surface area contributed by atoms with E-state index >= 15 is 0 Å². The van der Waals surface area contributed by atoms with E-state index in [-0.39, 0.29) is 6.04 Å². The molecule has 1 aliphatic heterocycles. The maximum Gasteiger partial charge on any atom is 0.244 e. The van der Waals surface area contributed by atoms with E-state index in [4.69, 9.17) is 9.78 Å². The van der Waals surface area contributed by atoms with Gasteiger partial charge in [-0.1, -0.05) is 35.5 Å². The molecule has 0 aliphatic carbocycles. The molecule has 22 heavy (non-hydrogen) atoms. The van der Waals surface area contributed by atoms with Crippen molar-refractivity contribution in [2.24, 2.45) is 0 Å². The lowest BCUT2D eigenvalue weighted by Crippen LogP contribution is -2.47. The Morgan fingerprint density at radius 3 is 2.64 bits per heavy atom. The van der Waals surface area contributed by atoms with Crippen molar-refractivity contribution in [3.05, 3.63) is 36.2 Å². The third-order valence-corrected chi connectivity index (χ3v) is 4.08. The quantitative estimate of drug-likeness (QED) is 0.803. The molecule has 6 heteroatoms. The summed E-state index contributed by atoms with van der Waals surface area (Å²) >= 11 is 0. The van der Waals surface area contributed by atoms with Crippen LogP contribution in [-0.2, 0) is 0 Å². The van der Waals surface area contributed by atoms with Gasteiger partial charge in [0, 0.05) is 31.7 Å². The summed E-state index contributed by atoms with van der Waals surface area (Å²) in [6, 6.07) is 12.1. The van der Waals surface area contributed by atoms with Crippen molar-refractivity contribution in [1.82, 2.24) is 19.9 Å². The van der Waals surface area contributed by atoms with E-state index in [0.717, 1.165) is 31.7 Å². The summed E-state index contributed by atoms with van der Waals surface area (Å²) in [4.78, 5) is 9.00. The van der Waals surface area contributed by atoms with Crippen molar-refractivity contribution in [3.8, 4) is 17.5 Å². The molecule has 114 valence electrons. The topological polar surface area (TPSA) is 69.2 Å². The zero-order valence-electron chi connectivity index (χ0n) is 12.6. The predicted molar refractivity (Wildman–Crippen MR) is 81.8 cm³/mol. The Hall–Kier alpha value is -2.23. The van der Waals surface area contributed by atoms with Crippen molar-refractivity contribution in [2.75, 3.05) is 32.7 Å². The van der Waals surface area contributed by atoms with Gasteiger partial charge in [0.2, 0.25) is 11.7 Å². The molecule has 0 radical (unpaired) electrons. The number of benzene rings is 1. The average Bonchev–Trinajstić information content (AvgIpc) is 3.06. The van der Waals surface area contributed by atoms with Crippen molar-refractivity contribution in [1.29, 1.82) is 5.26 Å². The summed E-state index contributed by atoms with van der Waals surface area (Å²) in [6.07, 6.45) is 0. The smallest absolute Gasteiger partial charge is 0.244 e. The summed E-state index contributed by atoms with van der Waals surface area (Å²) in [5, 5.41) is 12.8. The first-order chi connectivity index (χ1) is 10.8. The van der Waals surface area contributed by atoms with Gasteiger partial charge in [0.25, 0.3) is 0 Å². The molecule has 1 aromatic carbocycles. The van der Waals surface area contributed by atoms with Crippen LogP contribution >= 0.6 is 0 Å². The minimum atomic E-state index is 0.0918. The molecule has 1 atom stereocenters. The minimum Gasteiger partial charge on any atom is -0.337 e. The van der Waals surface area contributed by atoms with Gasteiger partial charge in [-0.2, -0.15) is 10.2 Å². The highest BCUT2D eigenvalue weighted by molar-refractivity contribution is 5.53. The molecule has 2 heterocycles. The number of nitriles is 1. The second-order valence-electron chi connectivity index (χ2n) is 5.47. The second-order valence-corrected chi connectivity index (χ2v) is 5.47. The van der Waals surface area contributed by atoms with Gasteiger partial charge >= 0.3 is 0 Å². The normalized spacial score (nSPS) is 18.0. The standard InChI is InChI=1S/C16H19N5O/c1-13(21-11-9-20(8-7-17)10-12-21)16-18-15(19-22-16)14-5-3-2-4-6-14/h2-6,13H,8-12H2,1H3/t13-/m1/s1. The van der Waals surface area contributed by atoms with Crippen molar-refractivity contribution in [3.63, 3.8) is 0 Å². The van der Waals surface area contributed by atoms with Gasteiger partial charge in [-0.05, 0) is 6.92 Å². The zero-order chi connectivity index (χ0) is 15.4. The van der Waals surface area contributed by atoms with E-state index < -0.39 is 0 Å². The molecule has 1 aliphatic rings. The molecule has 1 aromatic heterocycles. The van der Waals surface area contributed by atoms with Crippen LogP contribution in [0.4, 0.5) is 0 Å². The first-order valence-electron chi connectivity index (χ1n) is 7.50. The molecule has 0 amide bonds. The molecule has 0 spiro atoms. The van der Waals surface area contributed by atoms with Gasteiger partial charge in [0.05, 0.1) is 18.7 Å². The summed E-state index contributed by atoms with van der Waals surface area (Å²) in [6.45, 7) is 6.20. The number of hydrogen-bond acceptors (Lipinski definition) is 6. The van der Waals surface area contributed by atoms with E-state index in [2.05, 4.69) is 32.9 Å². The monoisotopic (exact) mass is 297 g/mol. The maximum absolute atomic E-state index is 8.74. The third kappa shape index (κ3) is 3.16. The van der Waals surface area contributed by atoms with E-state index in [1.807, 2.05) is 30.3 Å². The zero-order valence-corrected chi connectivity index (χ0v) is 12.6. The van der Waals surface area contributed by atoms with Crippen LogP contribution in [0.5, 0.6) is 0 Å². The fourth-order valence-corrected chi connectivity index (χ4v) is 2.67.